The predicted octanol–water partition coefficient (Wildman–Crippen LogP) is 2.56. The van der Waals surface area contributed by atoms with E-state index < -0.39 is 0 Å². The van der Waals surface area contributed by atoms with Crippen LogP contribution in [0.2, 0.25) is 0 Å². The molecule has 0 radical (unpaired) electrons. The number of carbonyl (C=O) groups is 1. The normalized spacial score (nSPS) is 19.3. The molecule has 0 saturated heterocycles. The van der Waals surface area contributed by atoms with E-state index in [1.54, 1.807) is 6.34 Å². The van der Waals surface area contributed by atoms with E-state index in [9.17, 15) is 4.79 Å². The van der Waals surface area contributed by atoms with Crippen LogP contribution in [0.4, 0.5) is 0 Å². The lowest BCUT2D eigenvalue weighted by Gasteiger charge is -2.25. The third-order valence-corrected chi connectivity index (χ3v) is 4.37. The van der Waals surface area contributed by atoms with Gasteiger partial charge in [-0.3, -0.25) is 4.58 Å². The van der Waals surface area contributed by atoms with Gasteiger partial charge in [-0.05, 0) is 36.2 Å². The third kappa shape index (κ3) is 4.45. The quantitative estimate of drug-likeness (QED) is 0.398. The van der Waals surface area contributed by atoms with Crippen molar-refractivity contribution in [2.45, 2.75) is 19.1 Å². The van der Waals surface area contributed by atoms with Crippen LogP contribution in [-0.4, -0.2) is 42.8 Å². The summed E-state index contributed by atoms with van der Waals surface area (Å²) < 4.78 is 7.10. The van der Waals surface area contributed by atoms with Crippen molar-refractivity contribution in [3.63, 3.8) is 0 Å². The van der Waals surface area contributed by atoms with Crippen LogP contribution in [0.15, 0.2) is 46.6 Å². The average Bonchev–Trinajstić information content (AvgIpc) is 2.53. The number of allylic oxidation sites excluding steroid dienone is 1. The molecule has 0 amide bonds. The fourth-order valence-corrected chi connectivity index (χ4v) is 3.41. The lowest BCUT2D eigenvalue weighted by atomic mass is 10.0. The van der Waals surface area contributed by atoms with Gasteiger partial charge in [-0.25, -0.2) is 4.79 Å². The Hall–Kier alpha value is -2.08. The third-order valence-electron chi connectivity index (χ3n) is 3.19. The lowest BCUT2D eigenvalue weighted by molar-refractivity contribution is -0.460. The topological polar surface area (TPSA) is 53.7 Å². The molecule has 0 spiro atoms. The number of aliphatic imine (C=N–C) groups is 1. The Balaban J connectivity index is 2.43. The molecule has 1 aromatic carbocycles. The standard InChI is InChI=1S/C17H21N3O2S/c1-5-22-16(21)14-12(2)19-17(18-11-20(3)4)23-15(14)13-9-7-6-8-10-13/h6-11,15H,5H2,1-4H3/p+1/t15-/m1/s1. The van der Waals surface area contributed by atoms with E-state index in [-0.39, 0.29) is 11.2 Å². The van der Waals surface area contributed by atoms with Gasteiger partial charge in [0.2, 0.25) is 0 Å². The first kappa shape index (κ1) is 17.3. The summed E-state index contributed by atoms with van der Waals surface area (Å²) in [5.74, 6) is -0.283. The van der Waals surface area contributed by atoms with Crippen LogP contribution < -0.4 is 5.32 Å². The Morgan fingerprint density at radius 2 is 2.09 bits per heavy atom. The predicted molar refractivity (Wildman–Crippen MR) is 94.9 cm³/mol. The number of hydrogen-bond acceptors (Lipinski definition) is 3. The number of thioether (sulfide) groups is 1. The molecule has 5 nitrogen and oxygen atoms in total. The maximum Gasteiger partial charge on any atom is 0.337 e. The second-order valence-electron chi connectivity index (χ2n) is 5.31. The molecule has 0 saturated carbocycles. The minimum Gasteiger partial charge on any atom is -0.463 e. The number of carbonyl (C=O) groups excluding carboxylic acids is 1. The molecular weight excluding hydrogens is 310 g/mol. The summed E-state index contributed by atoms with van der Waals surface area (Å²) >= 11 is 1.51. The zero-order valence-corrected chi connectivity index (χ0v) is 14.7. The zero-order chi connectivity index (χ0) is 16.8. The number of esters is 1. The molecule has 1 aliphatic rings. The van der Waals surface area contributed by atoms with E-state index in [4.69, 9.17) is 4.74 Å². The van der Waals surface area contributed by atoms with E-state index in [1.165, 1.54) is 11.8 Å². The van der Waals surface area contributed by atoms with Crippen molar-refractivity contribution in [2.24, 2.45) is 4.99 Å². The number of nitrogens with zero attached hydrogens (tertiary/aromatic N) is 2. The average molecular weight is 332 g/mol. The van der Waals surface area contributed by atoms with Crippen molar-refractivity contribution in [3.05, 3.63) is 47.2 Å². The summed E-state index contributed by atoms with van der Waals surface area (Å²) in [4.78, 5) is 16.8. The van der Waals surface area contributed by atoms with E-state index in [2.05, 4.69) is 10.3 Å². The molecule has 1 atom stereocenters. The molecule has 0 bridgehead atoms. The summed E-state index contributed by atoms with van der Waals surface area (Å²) in [6, 6.07) is 9.94. The van der Waals surface area contributed by atoms with Crippen LogP contribution >= 0.6 is 11.8 Å². The van der Waals surface area contributed by atoms with Crippen LogP contribution in [-0.2, 0) is 9.53 Å². The van der Waals surface area contributed by atoms with Gasteiger partial charge in [0.05, 0.1) is 31.5 Å². The maximum atomic E-state index is 12.4. The molecule has 0 aromatic heterocycles. The van der Waals surface area contributed by atoms with Crippen LogP contribution in [0.3, 0.4) is 0 Å². The van der Waals surface area contributed by atoms with Gasteiger partial charge in [0.1, 0.15) is 0 Å². The summed E-state index contributed by atoms with van der Waals surface area (Å²) in [7, 11) is 3.83. The molecule has 1 N–H and O–H groups in total. The van der Waals surface area contributed by atoms with E-state index in [0.29, 0.717) is 12.2 Å². The molecule has 23 heavy (non-hydrogen) atoms. The monoisotopic (exact) mass is 332 g/mol. The Kier molecular flexibility index (Phi) is 5.98. The Morgan fingerprint density at radius 1 is 1.39 bits per heavy atom. The SMILES string of the molecule is CCOC(=O)C1=C(C)NC(=NC=[N+](C)C)S[C@@H]1c1ccccc1. The summed E-state index contributed by atoms with van der Waals surface area (Å²) in [6.45, 7) is 4.05. The van der Waals surface area contributed by atoms with Gasteiger partial charge in [-0.2, -0.15) is 0 Å². The van der Waals surface area contributed by atoms with Gasteiger partial charge >= 0.3 is 5.97 Å². The highest BCUT2D eigenvalue weighted by Gasteiger charge is 2.34. The second-order valence-corrected chi connectivity index (χ2v) is 6.40. The highest BCUT2D eigenvalue weighted by Crippen LogP contribution is 2.40. The maximum absolute atomic E-state index is 12.4. The molecule has 0 aliphatic carbocycles. The summed E-state index contributed by atoms with van der Waals surface area (Å²) in [6.07, 6.45) is 1.74. The number of amidine groups is 1. The number of benzene rings is 1. The summed E-state index contributed by atoms with van der Waals surface area (Å²) in [5, 5.41) is 3.82. The van der Waals surface area contributed by atoms with Crippen molar-refractivity contribution in [2.75, 3.05) is 20.7 Å². The van der Waals surface area contributed by atoms with Gasteiger partial charge in [0.25, 0.3) is 11.5 Å². The fraction of sp³-hybridized carbons (Fsp3) is 0.353. The minimum atomic E-state index is -0.283. The van der Waals surface area contributed by atoms with Gasteiger partial charge in [0.15, 0.2) is 0 Å². The second kappa shape index (κ2) is 7.97. The first-order valence-electron chi connectivity index (χ1n) is 7.47. The first-order chi connectivity index (χ1) is 11.0. The van der Waals surface area contributed by atoms with E-state index in [0.717, 1.165) is 16.4 Å². The van der Waals surface area contributed by atoms with E-state index >= 15 is 0 Å². The molecule has 2 rings (SSSR count). The Morgan fingerprint density at radius 3 is 2.70 bits per heavy atom. The molecule has 1 aromatic rings. The van der Waals surface area contributed by atoms with Crippen molar-refractivity contribution < 1.29 is 14.1 Å². The van der Waals surface area contributed by atoms with E-state index in [1.807, 2.05) is 62.9 Å². The van der Waals surface area contributed by atoms with Crippen molar-refractivity contribution >= 4 is 29.2 Å². The highest BCUT2D eigenvalue weighted by molar-refractivity contribution is 8.14. The molecule has 6 heteroatoms. The van der Waals surface area contributed by atoms with Crippen LogP contribution in [0.1, 0.15) is 24.7 Å². The van der Waals surface area contributed by atoms with Gasteiger partial charge in [-0.15, -0.1) is 0 Å². The lowest BCUT2D eigenvalue weighted by Crippen LogP contribution is -2.31. The van der Waals surface area contributed by atoms with Crippen LogP contribution in [0.5, 0.6) is 0 Å². The van der Waals surface area contributed by atoms with Crippen LogP contribution in [0.25, 0.3) is 0 Å². The van der Waals surface area contributed by atoms with Gasteiger partial charge in [0, 0.05) is 5.70 Å². The number of hydrogen-bond donors (Lipinski definition) is 1. The molecular formula is C17H22N3O2S+. The summed E-state index contributed by atoms with van der Waals surface area (Å²) in [5.41, 5.74) is 2.48. The van der Waals surface area contributed by atoms with Crippen LogP contribution in [0, 0.1) is 0 Å². The molecule has 122 valence electrons. The minimum absolute atomic E-state index is 0.134. The largest absolute Gasteiger partial charge is 0.463 e. The molecule has 1 aliphatic heterocycles. The number of ether oxygens (including phenoxy) is 1. The molecule has 1 heterocycles. The number of rotatable bonds is 4. The zero-order valence-electron chi connectivity index (χ0n) is 13.9. The molecule has 0 fully saturated rings. The van der Waals surface area contributed by atoms with Crippen molar-refractivity contribution in [1.82, 2.24) is 5.32 Å². The fourth-order valence-electron chi connectivity index (χ4n) is 2.19. The Labute approximate surface area is 141 Å². The molecule has 0 unspecified atom stereocenters. The van der Waals surface area contributed by atoms with Gasteiger partial charge in [-0.1, -0.05) is 30.3 Å². The van der Waals surface area contributed by atoms with Gasteiger partial charge < -0.3 is 10.1 Å². The first-order valence-corrected chi connectivity index (χ1v) is 8.35. The smallest absolute Gasteiger partial charge is 0.337 e. The highest BCUT2D eigenvalue weighted by atomic mass is 32.2. The Bertz CT molecular complexity index is 662. The van der Waals surface area contributed by atoms with Crippen molar-refractivity contribution in [1.29, 1.82) is 0 Å². The number of nitrogens with one attached hydrogen (secondary N) is 1. The van der Waals surface area contributed by atoms with Crippen molar-refractivity contribution in [3.8, 4) is 0 Å².